The minimum absolute atomic E-state index is 0.768. The van der Waals surface area contributed by atoms with Crippen molar-refractivity contribution in [3.63, 3.8) is 0 Å². The highest BCUT2D eigenvalue weighted by Crippen LogP contribution is 2.41. The second-order valence-electron chi connectivity index (χ2n) is 7.50. The van der Waals surface area contributed by atoms with Gasteiger partial charge in [0.2, 0.25) is 0 Å². The van der Waals surface area contributed by atoms with Crippen LogP contribution >= 0.6 is 27.3 Å². The van der Waals surface area contributed by atoms with Crippen molar-refractivity contribution in [2.45, 2.75) is 39.5 Å². The number of fused-ring (bicyclic) bond motifs is 1. The van der Waals surface area contributed by atoms with E-state index in [1.54, 1.807) is 17.7 Å². The minimum Gasteiger partial charge on any atom is -0.494 e. The molecular weight excluding hydrogens is 470 g/mol. The lowest BCUT2D eigenvalue weighted by Gasteiger charge is -2.10. The Morgan fingerprint density at radius 3 is 2.48 bits per heavy atom. The van der Waals surface area contributed by atoms with Crippen LogP contribution in [0.4, 0.5) is 11.5 Å². The zero-order chi connectivity index (χ0) is 21.6. The first-order valence-electron chi connectivity index (χ1n) is 10.7. The summed E-state index contributed by atoms with van der Waals surface area (Å²) in [4.78, 5) is 11.3. The van der Waals surface area contributed by atoms with Gasteiger partial charge in [0.05, 0.1) is 12.0 Å². The average molecular weight is 496 g/mol. The molecule has 0 radical (unpaired) electrons. The van der Waals surface area contributed by atoms with Crippen molar-refractivity contribution in [2.75, 3.05) is 11.9 Å². The van der Waals surface area contributed by atoms with E-state index in [1.807, 2.05) is 24.3 Å². The molecule has 2 aromatic carbocycles. The molecule has 0 aliphatic rings. The first-order chi connectivity index (χ1) is 15.2. The van der Waals surface area contributed by atoms with E-state index < -0.39 is 0 Å². The third-order valence-electron chi connectivity index (χ3n) is 5.18. The molecule has 4 nitrogen and oxygen atoms in total. The third-order valence-corrected chi connectivity index (χ3v) is 6.72. The number of unbranched alkanes of at least 4 members (excludes halogenated alkanes) is 3. The van der Waals surface area contributed by atoms with Crippen LogP contribution in [0.1, 0.15) is 37.5 Å². The molecule has 0 amide bonds. The molecule has 0 aliphatic heterocycles. The molecular formula is C25H26BrN3OS. The number of thiophene rings is 1. The van der Waals surface area contributed by atoms with Crippen molar-refractivity contribution >= 4 is 49.0 Å². The van der Waals surface area contributed by atoms with E-state index in [0.717, 1.165) is 50.5 Å². The maximum Gasteiger partial charge on any atom is 0.143 e. The standard InChI is InChI=1S/C25H26BrN3OS/c1-3-4-5-6-15-30-21-13-11-20(12-14-21)29-24-23-22(18-7-9-19(26)10-8-18)17(2)31-25(23)28-16-27-24/h7-14,16H,3-6,15H2,1-2H3,(H,27,28,29). The monoisotopic (exact) mass is 495 g/mol. The normalized spacial score (nSPS) is 11.1. The van der Waals surface area contributed by atoms with Crippen LogP contribution in [0.15, 0.2) is 59.3 Å². The Bertz CT molecular complexity index is 1140. The zero-order valence-corrected chi connectivity index (χ0v) is 20.2. The Labute approximate surface area is 195 Å². The van der Waals surface area contributed by atoms with E-state index in [9.17, 15) is 0 Å². The molecule has 2 aromatic heterocycles. The lowest BCUT2D eigenvalue weighted by molar-refractivity contribution is 0.305. The molecule has 0 unspecified atom stereocenters. The molecule has 6 heteroatoms. The van der Waals surface area contributed by atoms with E-state index in [-0.39, 0.29) is 0 Å². The van der Waals surface area contributed by atoms with Gasteiger partial charge in [-0.05, 0) is 55.3 Å². The summed E-state index contributed by atoms with van der Waals surface area (Å²) in [5.74, 6) is 1.72. The Balaban J connectivity index is 1.55. The van der Waals surface area contributed by atoms with E-state index in [2.05, 4.69) is 69.3 Å². The van der Waals surface area contributed by atoms with Gasteiger partial charge < -0.3 is 10.1 Å². The molecule has 0 saturated heterocycles. The number of hydrogen-bond acceptors (Lipinski definition) is 5. The van der Waals surface area contributed by atoms with Crippen LogP contribution in [0.2, 0.25) is 0 Å². The number of benzene rings is 2. The number of rotatable bonds is 9. The Hall–Kier alpha value is -2.44. The van der Waals surface area contributed by atoms with Gasteiger partial charge in [0.25, 0.3) is 0 Å². The predicted octanol–water partition coefficient (Wildman–Crippen LogP) is 8.13. The van der Waals surface area contributed by atoms with Crippen molar-refractivity contribution < 1.29 is 4.74 Å². The van der Waals surface area contributed by atoms with Gasteiger partial charge in [-0.2, -0.15) is 0 Å². The Kier molecular flexibility index (Phi) is 7.20. The molecule has 0 atom stereocenters. The lowest BCUT2D eigenvalue weighted by atomic mass is 10.0. The fourth-order valence-electron chi connectivity index (χ4n) is 3.59. The molecule has 160 valence electrons. The van der Waals surface area contributed by atoms with Crippen LogP contribution in [0.3, 0.4) is 0 Å². The number of aromatic nitrogens is 2. The summed E-state index contributed by atoms with van der Waals surface area (Å²) >= 11 is 5.22. The Morgan fingerprint density at radius 1 is 0.968 bits per heavy atom. The quantitative estimate of drug-likeness (QED) is 0.238. The molecule has 4 aromatic rings. The molecule has 0 bridgehead atoms. The largest absolute Gasteiger partial charge is 0.494 e. The summed E-state index contributed by atoms with van der Waals surface area (Å²) in [6.45, 7) is 5.13. The van der Waals surface area contributed by atoms with Crippen LogP contribution < -0.4 is 10.1 Å². The second kappa shape index (κ2) is 10.2. The van der Waals surface area contributed by atoms with Crippen molar-refractivity contribution in [3.05, 3.63) is 64.2 Å². The van der Waals surface area contributed by atoms with Crippen molar-refractivity contribution in [2.24, 2.45) is 0 Å². The zero-order valence-electron chi connectivity index (χ0n) is 17.8. The minimum atomic E-state index is 0.768. The molecule has 4 rings (SSSR count). The number of nitrogens with zero attached hydrogens (tertiary/aromatic N) is 2. The van der Waals surface area contributed by atoms with Gasteiger partial charge in [0.15, 0.2) is 0 Å². The number of anilines is 2. The van der Waals surface area contributed by atoms with Gasteiger partial charge in [0, 0.05) is 20.6 Å². The maximum absolute atomic E-state index is 5.86. The summed E-state index contributed by atoms with van der Waals surface area (Å²) in [6, 6.07) is 16.5. The summed E-state index contributed by atoms with van der Waals surface area (Å²) in [7, 11) is 0. The van der Waals surface area contributed by atoms with E-state index in [0.29, 0.717) is 0 Å². The molecule has 0 fully saturated rings. The van der Waals surface area contributed by atoms with E-state index >= 15 is 0 Å². The van der Waals surface area contributed by atoms with Crippen LogP contribution in [-0.2, 0) is 0 Å². The van der Waals surface area contributed by atoms with Gasteiger partial charge in [-0.1, -0.05) is 54.2 Å². The summed E-state index contributed by atoms with van der Waals surface area (Å²) in [5.41, 5.74) is 3.32. The molecule has 2 heterocycles. The number of nitrogens with one attached hydrogen (secondary N) is 1. The molecule has 1 N–H and O–H groups in total. The highest BCUT2D eigenvalue weighted by atomic mass is 79.9. The van der Waals surface area contributed by atoms with Gasteiger partial charge in [-0.25, -0.2) is 9.97 Å². The van der Waals surface area contributed by atoms with Crippen LogP contribution in [0.25, 0.3) is 21.3 Å². The molecule has 0 saturated carbocycles. The SMILES string of the molecule is CCCCCCOc1ccc(Nc2ncnc3sc(C)c(-c4ccc(Br)cc4)c23)cc1. The van der Waals surface area contributed by atoms with Crippen LogP contribution in [0.5, 0.6) is 5.75 Å². The highest BCUT2D eigenvalue weighted by molar-refractivity contribution is 9.10. The lowest BCUT2D eigenvalue weighted by Crippen LogP contribution is -1.98. The fraction of sp³-hybridized carbons (Fsp3) is 0.280. The van der Waals surface area contributed by atoms with E-state index in [1.165, 1.54) is 29.7 Å². The van der Waals surface area contributed by atoms with Crippen molar-refractivity contribution in [1.82, 2.24) is 9.97 Å². The van der Waals surface area contributed by atoms with Gasteiger partial charge in [-0.15, -0.1) is 11.3 Å². The first kappa shape index (κ1) is 21.8. The smallest absolute Gasteiger partial charge is 0.143 e. The maximum atomic E-state index is 5.86. The number of hydrogen-bond donors (Lipinski definition) is 1. The molecule has 0 spiro atoms. The topological polar surface area (TPSA) is 47.0 Å². The van der Waals surface area contributed by atoms with Gasteiger partial charge >= 0.3 is 0 Å². The van der Waals surface area contributed by atoms with Crippen molar-refractivity contribution in [1.29, 1.82) is 0 Å². The first-order valence-corrected chi connectivity index (χ1v) is 12.3. The number of ether oxygens (including phenoxy) is 1. The molecule has 31 heavy (non-hydrogen) atoms. The number of aryl methyl sites for hydroxylation is 1. The Morgan fingerprint density at radius 2 is 1.74 bits per heavy atom. The van der Waals surface area contributed by atoms with Crippen LogP contribution in [0, 0.1) is 6.92 Å². The fourth-order valence-corrected chi connectivity index (χ4v) is 4.87. The van der Waals surface area contributed by atoms with Crippen LogP contribution in [-0.4, -0.2) is 16.6 Å². The predicted molar refractivity (Wildman–Crippen MR) is 135 cm³/mol. The van der Waals surface area contributed by atoms with Crippen molar-refractivity contribution in [3.8, 4) is 16.9 Å². The van der Waals surface area contributed by atoms with E-state index in [4.69, 9.17) is 4.74 Å². The summed E-state index contributed by atoms with van der Waals surface area (Å²) < 4.78 is 6.93. The van der Waals surface area contributed by atoms with Gasteiger partial charge in [0.1, 0.15) is 22.7 Å². The summed E-state index contributed by atoms with van der Waals surface area (Å²) in [5, 5.41) is 4.54. The third kappa shape index (κ3) is 5.25. The number of halogens is 1. The molecule has 0 aliphatic carbocycles. The highest BCUT2D eigenvalue weighted by Gasteiger charge is 2.17. The average Bonchev–Trinajstić information content (AvgIpc) is 3.12. The second-order valence-corrected chi connectivity index (χ2v) is 9.62. The summed E-state index contributed by atoms with van der Waals surface area (Å²) in [6.07, 6.45) is 6.46. The van der Waals surface area contributed by atoms with Gasteiger partial charge in [-0.3, -0.25) is 0 Å².